The lowest BCUT2D eigenvalue weighted by atomic mass is 9.60. The molecule has 2 N–H and O–H groups in total. The van der Waals surface area contributed by atoms with Crippen molar-refractivity contribution in [2.75, 3.05) is 7.11 Å². The molecule has 144 valence electrons. The van der Waals surface area contributed by atoms with E-state index in [1.165, 1.54) is 20.0 Å². The highest BCUT2D eigenvalue weighted by molar-refractivity contribution is 5.89. The van der Waals surface area contributed by atoms with Crippen LogP contribution in [-0.2, 0) is 9.53 Å². The maximum Gasteiger partial charge on any atom is 0.336 e. The zero-order valence-corrected chi connectivity index (χ0v) is 16.5. The van der Waals surface area contributed by atoms with Crippen LogP contribution in [0.3, 0.4) is 0 Å². The van der Waals surface area contributed by atoms with Gasteiger partial charge in [-0.15, -0.1) is 0 Å². The molecule has 4 heteroatoms. The van der Waals surface area contributed by atoms with Crippen LogP contribution in [0.15, 0.2) is 11.6 Å². The molecule has 0 amide bonds. The summed E-state index contributed by atoms with van der Waals surface area (Å²) >= 11 is 0. The number of carbonyl (C=O) groups is 1. The predicted octanol–water partition coefficient (Wildman–Crippen LogP) is 3.71. The molecule has 0 aromatic carbocycles. The summed E-state index contributed by atoms with van der Waals surface area (Å²) in [5.41, 5.74) is 0.493. The van der Waals surface area contributed by atoms with Crippen molar-refractivity contribution < 1.29 is 19.7 Å². The molecule has 6 unspecified atom stereocenters. The minimum absolute atomic E-state index is 0.0686. The molecule has 25 heavy (non-hydrogen) atoms. The molecule has 0 aromatic heterocycles. The minimum Gasteiger partial charge on any atom is -0.466 e. The fourth-order valence-corrected chi connectivity index (χ4v) is 5.22. The second kappa shape index (κ2) is 8.22. The number of rotatable bonds is 6. The first-order valence-electron chi connectivity index (χ1n) is 9.87. The van der Waals surface area contributed by atoms with Crippen LogP contribution >= 0.6 is 0 Å². The second-order valence-corrected chi connectivity index (χ2v) is 8.76. The molecule has 1 saturated carbocycles. The number of ether oxygens (including phenoxy) is 1. The molecule has 0 heterocycles. The molecule has 6 atom stereocenters. The van der Waals surface area contributed by atoms with Gasteiger partial charge in [0.1, 0.15) is 0 Å². The van der Waals surface area contributed by atoms with Crippen molar-refractivity contribution in [2.45, 2.75) is 78.4 Å². The Morgan fingerprint density at radius 3 is 2.56 bits per heavy atom. The van der Waals surface area contributed by atoms with Crippen molar-refractivity contribution in [3.63, 3.8) is 0 Å². The van der Waals surface area contributed by atoms with Crippen molar-refractivity contribution in [2.24, 2.45) is 29.1 Å². The number of hydrogen-bond donors (Lipinski definition) is 2. The number of aliphatic hydroxyl groups excluding tert-OH is 2. The van der Waals surface area contributed by atoms with E-state index in [1.54, 1.807) is 0 Å². The Labute approximate surface area is 152 Å². The van der Waals surface area contributed by atoms with Crippen molar-refractivity contribution >= 4 is 5.97 Å². The molecule has 0 bridgehead atoms. The van der Waals surface area contributed by atoms with Gasteiger partial charge >= 0.3 is 5.97 Å². The Morgan fingerprint density at radius 1 is 1.32 bits per heavy atom. The Bertz CT molecular complexity index is 498. The van der Waals surface area contributed by atoms with Gasteiger partial charge in [-0.25, -0.2) is 4.79 Å². The van der Waals surface area contributed by atoms with E-state index in [4.69, 9.17) is 4.74 Å². The van der Waals surface area contributed by atoms with Gasteiger partial charge in [-0.1, -0.05) is 33.8 Å². The van der Waals surface area contributed by atoms with Gasteiger partial charge in [0.15, 0.2) is 0 Å². The summed E-state index contributed by atoms with van der Waals surface area (Å²) in [6, 6.07) is 0. The van der Waals surface area contributed by atoms with E-state index < -0.39 is 12.1 Å². The highest BCUT2D eigenvalue weighted by atomic mass is 16.5. The number of esters is 1. The average Bonchev–Trinajstić information content (AvgIpc) is 2.88. The summed E-state index contributed by atoms with van der Waals surface area (Å²) in [5.74, 6) is 1.48. The van der Waals surface area contributed by atoms with Gasteiger partial charge in [-0.3, -0.25) is 0 Å². The number of allylic oxidation sites excluding steroid dienone is 1. The summed E-state index contributed by atoms with van der Waals surface area (Å²) in [5, 5.41) is 20.7. The molecule has 2 aliphatic rings. The molecule has 4 nitrogen and oxygen atoms in total. The monoisotopic (exact) mass is 352 g/mol. The molecule has 2 rings (SSSR count). The molecular formula is C21H36O4. The quantitative estimate of drug-likeness (QED) is 0.715. The largest absolute Gasteiger partial charge is 0.466 e. The van der Waals surface area contributed by atoms with Crippen LogP contribution in [-0.4, -0.2) is 35.5 Å². The molecule has 1 spiro atoms. The standard InChI is InChI=1S/C21H36O4/c1-13(2)18(22)9-6-14(3)17-8-7-15(4)21(17)11-10-16(19(23)12-21)20(24)25-5/h10,13-15,17-19,22-23H,6-9,11-12H2,1-5H3. The summed E-state index contributed by atoms with van der Waals surface area (Å²) in [4.78, 5) is 11.8. The van der Waals surface area contributed by atoms with Crippen molar-refractivity contribution in [3.8, 4) is 0 Å². The molecule has 1 fully saturated rings. The van der Waals surface area contributed by atoms with Crippen molar-refractivity contribution in [3.05, 3.63) is 11.6 Å². The van der Waals surface area contributed by atoms with Crippen molar-refractivity contribution in [1.29, 1.82) is 0 Å². The number of carbonyl (C=O) groups excluding carboxylic acids is 1. The third-order valence-electron chi connectivity index (χ3n) is 7.06. The van der Waals surface area contributed by atoms with Gasteiger partial charge < -0.3 is 14.9 Å². The number of hydrogen-bond acceptors (Lipinski definition) is 4. The van der Waals surface area contributed by atoms with Gasteiger partial charge in [0.2, 0.25) is 0 Å². The highest BCUT2D eigenvalue weighted by Crippen LogP contribution is 2.58. The van der Waals surface area contributed by atoms with E-state index in [9.17, 15) is 15.0 Å². The Kier molecular flexibility index (Phi) is 6.72. The van der Waals surface area contributed by atoms with Crippen LogP contribution in [0.5, 0.6) is 0 Å². The van der Waals surface area contributed by atoms with E-state index in [1.807, 2.05) is 6.08 Å². The van der Waals surface area contributed by atoms with Crippen LogP contribution in [0.1, 0.15) is 66.2 Å². The SMILES string of the molecule is COC(=O)C1=CCC2(CC1O)C(C)CCC2C(C)CCC(O)C(C)C. The first-order chi connectivity index (χ1) is 11.7. The zero-order valence-electron chi connectivity index (χ0n) is 16.5. The van der Waals surface area contributed by atoms with Crippen LogP contribution in [0.2, 0.25) is 0 Å². The van der Waals surface area contributed by atoms with Crippen LogP contribution in [0.4, 0.5) is 0 Å². The third kappa shape index (κ3) is 4.11. The summed E-state index contributed by atoms with van der Waals surface area (Å²) in [6.07, 6.45) is 6.66. The molecule has 0 aromatic rings. The van der Waals surface area contributed by atoms with E-state index in [-0.39, 0.29) is 11.5 Å². The van der Waals surface area contributed by atoms with E-state index in [0.717, 1.165) is 19.3 Å². The van der Waals surface area contributed by atoms with Crippen LogP contribution in [0.25, 0.3) is 0 Å². The molecule has 0 saturated heterocycles. The lowest BCUT2D eigenvalue weighted by Crippen LogP contribution is -2.41. The highest BCUT2D eigenvalue weighted by Gasteiger charge is 2.52. The Hall–Kier alpha value is -0.870. The van der Waals surface area contributed by atoms with Gasteiger partial charge in [-0.05, 0) is 67.6 Å². The number of methoxy groups -OCH3 is 1. The first-order valence-corrected chi connectivity index (χ1v) is 9.87. The first kappa shape index (κ1) is 20.4. The molecule has 2 aliphatic carbocycles. The predicted molar refractivity (Wildman–Crippen MR) is 98.9 cm³/mol. The Balaban J connectivity index is 2.12. The smallest absolute Gasteiger partial charge is 0.336 e. The maximum absolute atomic E-state index is 11.8. The fraction of sp³-hybridized carbons (Fsp3) is 0.857. The van der Waals surface area contributed by atoms with E-state index in [0.29, 0.717) is 35.7 Å². The normalized spacial score (nSPS) is 34.9. The molecule has 0 aliphatic heterocycles. The van der Waals surface area contributed by atoms with Gasteiger partial charge in [-0.2, -0.15) is 0 Å². The fourth-order valence-electron chi connectivity index (χ4n) is 5.22. The zero-order chi connectivity index (χ0) is 18.8. The Morgan fingerprint density at radius 2 is 2.00 bits per heavy atom. The lowest BCUT2D eigenvalue weighted by molar-refractivity contribution is -0.138. The van der Waals surface area contributed by atoms with Gasteiger partial charge in [0.05, 0.1) is 24.9 Å². The number of aliphatic hydroxyl groups is 2. The third-order valence-corrected chi connectivity index (χ3v) is 7.06. The van der Waals surface area contributed by atoms with E-state index in [2.05, 4.69) is 27.7 Å². The van der Waals surface area contributed by atoms with Crippen molar-refractivity contribution in [1.82, 2.24) is 0 Å². The second-order valence-electron chi connectivity index (χ2n) is 8.76. The maximum atomic E-state index is 11.8. The average molecular weight is 353 g/mol. The van der Waals surface area contributed by atoms with Crippen LogP contribution < -0.4 is 0 Å². The van der Waals surface area contributed by atoms with E-state index >= 15 is 0 Å². The summed E-state index contributed by atoms with van der Waals surface area (Å²) in [7, 11) is 1.36. The summed E-state index contributed by atoms with van der Waals surface area (Å²) in [6.45, 7) is 8.71. The summed E-state index contributed by atoms with van der Waals surface area (Å²) < 4.78 is 4.80. The van der Waals surface area contributed by atoms with Gasteiger partial charge in [0, 0.05) is 0 Å². The minimum atomic E-state index is -0.724. The molecule has 0 radical (unpaired) electrons. The molecular weight excluding hydrogens is 316 g/mol. The van der Waals surface area contributed by atoms with Crippen LogP contribution in [0, 0.1) is 29.1 Å². The lowest BCUT2D eigenvalue weighted by Gasteiger charge is -2.45. The topological polar surface area (TPSA) is 66.8 Å². The van der Waals surface area contributed by atoms with Gasteiger partial charge in [0.25, 0.3) is 0 Å².